The van der Waals surface area contributed by atoms with E-state index in [0.29, 0.717) is 17.0 Å². The van der Waals surface area contributed by atoms with Crippen molar-refractivity contribution < 1.29 is 9.90 Å². The molecular formula is C25H23N3O3. The number of aryl methyl sites for hydroxylation is 2. The molecule has 1 atom stereocenters. The average molecular weight is 413 g/mol. The SMILES string of the molecule is Cc1cc(C(C)Nc2ccccc2C(=O)O)c2nc(-c3ccccc3C)cc(=O)n2c1. The molecule has 2 aromatic heterocycles. The molecule has 156 valence electrons. The molecule has 0 amide bonds. The summed E-state index contributed by atoms with van der Waals surface area (Å²) in [5.41, 5.74) is 5.38. The molecule has 0 aliphatic rings. The van der Waals surface area contributed by atoms with Gasteiger partial charge in [-0.1, -0.05) is 36.4 Å². The minimum Gasteiger partial charge on any atom is -0.478 e. The lowest BCUT2D eigenvalue weighted by Gasteiger charge is -2.20. The summed E-state index contributed by atoms with van der Waals surface area (Å²) >= 11 is 0. The van der Waals surface area contributed by atoms with Crippen LogP contribution in [0.4, 0.5) is 5.69 Å². The third-order valence-corrected chi connectivity index (χ3v) is 5.34. The standard InChI is InChI=1S/C25H23N3O3/c1-15-12-20(17(3)26-21-11-7-6-10-19(21)25(30)31)24-27-22(13-23(29)28(24)14-15)18-9-5-4-8-16(18)2/h4-14,17,26H,1-3H3,(H,30,31). The van der Waals surface area contributed by atoms with Crippen molar-refractivity contribution >= 4 is 17.3 Å². The second kappa shape index (κ2) is 8.07. The van der Waals surface area contributed by atoms with Crippen molar-refractivity contribution in [2.75, 3.05) is 5.32 Å². The molecule has 4 aromatic rings. The lowest BCUT2D eigenvalue weighted by Crippen LogP contribution is -2.19. The van der Waals surface area contributed by atoms with E-state index < -0.39 is 5.97 Å². The quantitative estimate of drug-likeness (QED) is 0.489. The number of benzene rings is 2. The highest BCUT2D eigenvalue weighted by Crippen LogP contribution is 2.27. The maximum Gasteiger partial charge on any atom is 0.337 e. The number of para-hydroxylation sites is 1. The van der Waals surface area contributed by atoms with Gasteiger partial charge in [0.2, 0.25) is 0 Å². The Bertz CT molecular complexity index is 1360. The molecule has 0 bridgehead atoms. The Morgan fingerprint density at radius 3 is 2.52 bits per heavy atom. The van der Waals surface area contributed by atoms with Crippen molar-refractivity contribution in [3.63, 3.8) is 0 Å². The molecule has 0 aliphatic carbocycles. The summed E-state index contributed by atoms with van der Waals surface area (Å²) in [7, 11) is 0. The fourth-order valence-electron chi connectivity index (χ4n) is 3.79. The van der Waals surface area contributed by atoms with E-state index in [4.69, 9.17) is 4.98 Å². The van der Waals surface area contributed by atoms with Gasteiger partial charge in [0.1, 0.15) is 5.65 Å². The lowest BCUT2D eigenvalue weighted by molar-refractivity contribution is 0.0698. The number of nitrogens with one attached hydrogen (secondary N) is 1. The minimum atomic E-state index is -0.999. The first-order valence-electron chi connectivity index (χ1n) is 10.0. The Kier molecular flexibility index (Phi) is 5.29. The smallest absolute Gasteiger partial charge is 0.337 e. The number of rotatable bonds is 5. The average Bonchev–Trinajstić information content (AvgIpc) is 2.74. The van der Waals surface area contributed by atoms with Gasteiger partial charge in [-0.3, -0.25) is 9.20 Å². The molecular weight excluding hydrogens is 390 g/mol. The molecule has 2 N–H and O–H groups in total. The zero-order valence-corrected chi connectivity index (χ0v) is 17.6. The molecule has 1 unspecified atom stereocenters. The Labute approximate surface area is 179 Å². The second-order valence-corrected chi connectivity index (χ2v) is 7.68. The first-order valence-corrected chi connectivity index (χ1v) is 10.0. The number of carboxylic acid groups (broad SMARTS) is 1. The number of pyridine rings is 1. The van der Waals surface area contributed by atoms with Crippen LogP contribution >= 0.6 is 0 Å². The summed E-state index contributed by atoms with van der Waals surface area (Å²) in [6.45, 7) is 5.84. The summed E-state index contributed by atoms with van der Waals surface area (Å²) < 4.78 is 1.55. The first-order chi connectivity index (χ1) is 14.8. The molecule has 31 heavy (non-hydrogen) atoms. The third-order valence-electron chi connectivity index (χ3n) is 5.34. The first kappa shape index (κ1) is 20.3. The number of nitrogens with zero attached hydrogens (tertiary/aromatic N) is 2. The topological polar surface area (TPSA) is 83.7 Å². The van der Waals surface area contributed by atoms with Crippen LogP contribution in [0.2, 0.25) is 0 Å². The fraction of sp³-hybridized carbons (Fsp3) is 0.160. The van der Waals surface area contributed by atoms with E-state index in [9.17, 15) is 14.7 Å². The van der Waals surface area contributed by atoms with Gasteiger partial charge in [-0.15, -0.1) is 0 Å². The number of fused-ring (bicyclic) bond motifs is 1. The number of carboxylic acids is 1. The van der Waals surface area contributed by atoms with E-state index in [1.54, 1.807) is 40.9 Å². The number of carbonyl (C=O) groups is 1. The molecule has 4 rings (SSSR count). The lowest BCUT2D eigenvalue weighted by atomic mass is 10.0. The van der Waals surface area contributed by atoms with Crippen molar-refractivity contribution in [3.05, 3.63) is 99.5 Å². The van der Waals surface area contributed by atoms with Gasteiger partial charge in [-0.2, -0.15) is 0 Å². The van der Waals surface area contributed by atoms with Gasteiger partial charge in [0.05, 0.1) is 17.3 Å². The van der Waals surface area contributed by atoms with Gasteiger partial charge in [0, 0.05) is 29.1 Å². The van der Waals surface area contributed by atoms with Crippen LogP contribution in [0.1, 0.15) is 40.0 Å². The number of hydrogen-bond acceptors (Lipinski definition) is 4. The zero-order valence-electron chi connectivity index (χ0n) is 17.6. The van der Waals surface area contributed by atoms with Crippen molar-refractivity contribution in [3.8, 4) is 11.3 Å². The van der Waals surface area contributed by atoms with E-state index in [1.807, 2.05) is 51.1 Å². The van der Waals surface area contributed by atoms with Crippen molar-refractivity contribution in [2.45, 2.75) is 26.8 Å². The molecule has 2 aromatic carbocycles. The summed E-state index contributed by atoms with van der Waals surface area (Å²) in [5.74, 6) is -0.999. The Morgan fingerprint density at radius 2 is 1.77 bits per heavy atom. The third kappa shape index (κ3) is 3.92. The Hall–Kier alpha value is -3.93. The highest BCUT2D eigenvalue weighted by molar-refractivity contribution is 5.94. The molecule has 0 saturated heterocycles. The number of aromatic carboxylic acids is 1. The molecule has 0 radical (unpaired) electrons. The van der Waals surface area contributed by atoms with Gasteiger partial charge < -0.3 is 10.4 Å². The fourth-order valence-corrected chi connectivity index (χ4v) is 3.79. The van der Waals surface area contributed by atoms with E-state index in [1.165, 1.54) is 0 Å². The van der Waals surface area contributed by atoms with Crippen molar-refractivity contribution in [1.82, 2.24) is 9.38 Å². The summed E-state index contributed by atoms with van der Waals surface area (Å²) in [4.78, 5) is 29.4. The van der Waals surface area contributed by atoms with Gasteiger partial charge in [0.25, 0.3) is 5.56 Å². The van der Waals surface area contributed by atoms with Crippen LogP contribution in [-0.4, -0.2) is 20.5 Å². The molecule has 6 nitrogen and oxygen atoms in total. The van der Waals surface area contributed by atoms with Crippen LogP contribution in [0.15, 0.2) is 71.7 Å². The van der Waals surface area contributed by atoms with Crippen LogP contribution in [-0.2, 0) is 0 Å². The summed E-state index contributed by atoms with van der Waals surface area (Å²) in [5, 5.41) is 12.8. The monoisotopic (exact) mass is 413 g/mol. The second-order valence-electron chi connectivity index (χ2n) is 7.68. The van der Waals surface area contributed by atoms with Crippen LogP contribution < -0.4 is 10.9 Å². The number of aromatic nitrogens is 2. The predicted octanol–water partition coefficient (Wildman–Crippen LogP) is 4.85. The molecule has 6 heteroatoms. The summed E-state index contributed by atoms with van der Waals surface area (Å²) in [6, 6.07) is 17.8. The van der Waals surface area contributed by atoms with Crippen LogP contribution in [0, 0.1) is 13.8 Å². The zero-order chi connectivity index (χ0) is 22.1. The predicted molar refractivity (Wildman–Crippen MR) is 122 cm³/mol. The molecule has 0 fully saturated rings. The van der Waals surface area contributed by atoms with Gasteiger partial charge in [-0.05, 0) is 50.1 Å². The van der Waals surface area contributed by atoms with Gasteiger partial charge in [-0.25, -0.2) is 9.78 Å². The number of hydrogen-bond donors (Lipinski definition) is 2. The minimum absolute atomic E-state index is 0.161. The normalized spacial score (nSPS) is 12.0. The highest BCUT2D eigenvalue weighted by Gasteiger charge is 2.17. The molecule has 2 heterocycles. The van der Waals surface area contributed by atoms with Crippen molar-refractivity contribution in [1.29, 1.82) is 0 Å². The number of anilines is 1. The Balaban J connectivity index is 1.87. The largest absolute Gasteiger partial charge is 0.478 e. The molecule has 0 saturated carbocycles. The Morgan fingerprint density at radius 1 is 1.06 bits per heavy atom. The van der Waals surface area contributed by atoms with E-state index in [2.05, 4.69) is 5.32 Å². The van der Waals surface area contributed by atoms with Crippen LogP contribution in [0.25, 0.3) is 16.9 Å². The van der Waals surface area contributed by atoms with E-state index in [-0.39, 0.29) is 17.2 Å². The van der Waals surface area contributed by atoms with Gasteiger partial charge >= 0.3 is 5.97 Å². The van der Waals surface area contributed by atoms with E-state index in [0.717, 1.165) is 22.3 Å². The van der Waals surface area contributed by atoms with Gasteiger partial charge in [0.15, 0.2) is 0 Å². The summed E-state index contributed by atoms with van der Waals surface area (Å²) in [6.07, 6.45) is 1.77. The maximum atomic E-state index is 12.9. The van der Waals surface area contributed by atoms with Crippen LogP contribution in [0.5, 0.6) is 0 Å². The van der Waals surface area contributed by atoms with E-state index >= 15 is 0 Å². The molecule has 0 spiro atoms. The molecule has 0 aliphatic heterocycles. The maximum absolute atomic E-state index is 12.9. The highest BCUT2D eigenvalue weighted by atomic mass is 16.4. The van der Waals surface area contributed by atoms with Crippen molar-refractivity contribution in [2.24, 2.45) is 0 Å². The van der Waals surface area contributed by atoms with Crippen LogP contribution in [0.3, 0.4) is 0 Å².